The van der Waals surface area contributed by atoms with Crippen LogP contribution in [0, 0.1) is 5.92 Å². The van der Waals surface area contributed by atoms with Gasteiger partial charge in [-0.3, -0.25) is 4.79 Å². The van der Waals surface area contributed by atoms with Crippen molar-refractivity contribution in [1.82, 2.24) is 0 Å². The quantitative estimate of drug-likeness (QED) is 0.485. The number of rotatable bonds is 5. The minimum Gasteiger partial charge on any atom is -0.331 e. The number of hydrogen-bond donors (Lipinski definition) is 0. The molecule has 0 saturated heterocycles. The van der Waals surface area contributed by atoms with Gasteiger partial charge in [-0.15, -0.1) is 0 Å². The van der Waals surface area contributed by atoms with E-state index in [2.05, 4.69) is 33.3 Å². The normalized spacial score (nSPS) is 17.6. The highest BCUT2D eigenvalue weighted by Crippen LogP contribution is 2.21. The standard InChI is InChI=1S/C12H22NO/c1-13(2,3)9-8-12(14)10-11-6-4-5-7-11/h4-5,11H,6-10H2,1-3H3/q+1. The number of ketones is 1. The molecule has 0 aromatic rings. The maximum Gasteiger partial charge on any atom is 0.138 e. The average Bonchev–Trinajstić information content (AvgIpc) is 2.52. The van der Waals surface area contributed by atoms with Crippen LogP contribution in [0.3, 0.4) is 0 Å². The van der Waals surface area contributed by atoms with Gasteiger partial charge in [0.2, 0.25) is 0 Å². The molecule has 0 aromatic heterocycles. The van der Waals surface area contributed by atoms with Crippen molar-refractivity contribution in [2.24, 2.45) is 5.92 Å². The molecule has 0 amide bonds. The first-order valence-corrected chi connectivity index (χ1v) is 5.44. The van der Waals surface area contributed by atoms with Gasteiger partial charge in [0.05, 0.1) is 34.1 Å². The van der Waals surface area contributed by atoms with Gasteiger partial charge in [0, 0.05) is 6.42 Å². The van der Waals surface area contributed by atoms with Crippen LogP contribution in [0.4, 0.5) is 0 Å². The van der Waals surface area contributed by atoms with E-state index in [0.29, 0.717) is 11.7 Å². The third-order valence-electron chi connectivity index (χ3n) is 2.68. The molecule has 2 heteroatoms. The molecular formula is C12H22NO+. The van der Waals surface area contributed by atoms with Gasteiger partial charge in [0.25, 0.3) is 0 Å². The van der Waals surface area contributed by atoms with Crippen molar-refractivity contribution in [2.75, 3.05) is 27.7 Å². The Morgan fingerprint density at radius 1 is 1.29 bits per heavy atom. The molecule has 0 aromatic carbocycles. The van der Waals surface area contributed by atoms with E-state index < -0.39 is 0 Å². The molecule has 0 heterocycles. The Kier molecular flexibility index (Phi) is 3.87. The first-order chi connectivity index (χ1) is 6.47. The van der Waals surface area contributed by atoms with Gasteiger partial charge in [0.1, 0.15) is 5.78 Å². The summed E-state index contributed by atoms with van der Waals surface area (Å²) in [5.74, 6) is 1.04. The summed E-state index contributed by atoms with van der Waals surface area (Å²) in [5, 5.41) is 0. The number of nitrogens with zero attached hydrogens (tertiary/aromatic N) is 1. The summed E-state index contributed by atoms with van der Waals surface area (Å²) in [7, 11) is 6.39. The van der Waals surface area contributed by atoms with Crippen molar-refractivity contribution >= 4 is 5.78 Å². The Balaban J connectivity index is 2.16. The van der Waals surface area contributed by atoms with Crippen LogP contribution in [0.1, 0.15) is 25.7 Å². The highest BCUT2D eigenvalue weighted by molar-refractivity contribution is 5.78. The molecule has 0 atom stereocenters. The lowest BCUT2D eigenvalue weighted by Crippen LogP contribution is -2.36. The second-order valence-corrected chi connectivity index (χ2v) is 5.32. The Morgan fingerprint density at radius 3 is 2.36 bits per heavy atom. The third kappa shape index (κ3) is 4.56. The minimum absolute atomic E-state index is 0.437. The van der Waals surface area contributed by atoms with Crippen LogP contribution in [-0.4, -0.2) is 38.0 Å². The molecule has 1 aliphatic carbocycles. The molecule has 14 heavy (non-hydrogen) atoms. The van der Waals surface area contributed by atoms with E-state index in [-0.39, 0.29) is 0 Å². The summed E-state index contributed by atoms with van der Waals surface area (Å²) in [4.78, 5) is 11.6. The maximum atomic E-state index is 11.6. The largest absolute Gasteiger partial charge is 0.331 e. The van der Waals surface area contributed by atoms with Crippen LogP contribution >= 0.6 is 0 Å². The molecule has 1 rings (SSSR count). The van der Waals surface area contributed by atoms with Crippen LogP contribution in [0.2, 0.25) is 0 Å². The van der Waals surface area contributed by atoms with E-state index in [9.17, 15) is 4.79 Å². The van der Waals surface area contributed by atoms with Crippen LogP contribution < -0.4 is 0 Å². The fourth-order valence-corrected chi connectivity index (χ4v) is 1.72. The predicted octanol–water partition coefficient (Wildman–Crippen LogP) is 2.01. The first kappa shape index (κ1) is 11.4. The van der Waals surface area contributed by atoms with Gasteiger partial charge >= 0.3 is 0 Å². The van der Waals surface area contributed by atoms with Crippen molar-refractivity contribution in [3.63, 3.8) is 0 Å². The van der Waals surface area contributed by atoms with Crippen LogP contribution in [0.25, 0.3) is 0 Å². The van der Waals surface area contributed by atoms with Crippen LogP contribution in [0.15, 0.2) is 12.2 Å². The lowest BCUT2D eigenvalue weighted by molar-refractivity contribution is -0.869. The monoisotopic (exact) mass is 196 g/mol. The highest BCUT2D eigenvalue weighted by atomic mass is 16.1. The zero-order chi connectivity index (χ0) is 10.6. The van der Waals surface area contributed by atoms with Gasteiger partial charge < -0.3 is 4.48 Å². The van der Waals surface area contributed by atoms with Gasteiger partial charge in [0.15, 0.2) is 0 Å². The van der Waals surface area contributed by atoms with Crippen molar-refractivity contribution in [1.29, 1.82) is 0 Å². The molecule has 0 fully saturated rings. The van der Waals surface area contributed by atoms with Gasteiger partial charge in [-0.2, -0.15) is 0 Å². The van der Waals surface area contributed by atoms with Crippen LogP contribution in [0.5, 0.6) is 0 Å². The summed E-state index contributed by atoms with van der Waals surface area (Å²) in [6, 6.07) is 0. The van der Waals surface area contributed by atoms with Crippen LogP contribution in [-0.2, 0) is 4.79 Å². The van der Waals surface area contributed by atoms with Crippen molar-refractivity contribution < 1.29 is 9.28 Å². The zero-order valence-corrected chi connectivity index (χ0v) is 9.62. The molecule has 80 valence electrons. The molecule has 0 unspecified atom stereocenters. The second-order valence-electron chi connectivity index (χ2n) is 5.32. The van der Waals surface area contributed by atoms with Crippen molar-refractivity contribution in [3.8, 4) is 0 Å². The fraction of sp³-hybridized carbons (Fsp3) is 0.750. The number of allylic oxidation sites excluding steroid dienone is 2. The van der Waals surface area contributed by atoms with Crippen molar-refractivity contribution in [3.05, 3.63) is 12.2 Å². The Labute approximate surface area is 87.2 Å². The van der Waals surface area contributed by atoms with Crippen molar-refractivity contribution in [2.45, 2.75) is 25.7 Å². The van der Waals surface area contributed by atoms with Gasteiger partial charge in [-0.1, -0.05) is 12.2 Å². The lowest BCUT2D eigenvalue weighted by Gasteiger charge is -2.23. The summed E-state index contributed by atoms with van der Waals surface area (Å²) < 4.78 is 0.884. The smallest absolute Gasteiger partial charge is 0.138 e. The second kappa shape index (κ2) is 4.74. The number of carbonyl (C=O) groups excluding carboxylic acids is 1. The molecular weight excluding hydrogens is 174 g/mol. The highest BCUT2D eigenvalue weighted by Gasteiger charge is 2.17. The Morgan fingerprint density at radius 2 is 1.86 bits per heavy atom. The summed E-state index contributed by atoms with van der Waals surface area (Å²) in [6.45, 7) is 0.957. The van der Waals surface area contributed by atoms with Gasteiger partial charge in [-0.05, 0) is 18.8 Å². The predicted molar refractivity (Wildman–Crippen MR) is 59.0 cm³/mol. The fourth-order valence-electron chi connectivity index (χ4n) is 1.72. The van der Waals surface area contributed by atoms with E-state index in [1.807, 2.05) is 0 Å². The molecule has 0 radical (unpaired) electrons. The molecule has 2 nitrogen and oxygen atoms in total. The summed E-state index contributed by atoms with van der Waals surface area (Å²) in [6.07, 6.45) is 8.12. The van der Waals surface area contributed by atoms with E-state index in [1.54, 1.807) is 0 Å². The first-order valence-electron chi connectivity index (χ1n) is 5.44. The Bertz CT molecular complexity index is 217. The maximum absolute atomic E-state index is 11.6. The SMILES string of the molecule is C[N+](C)(C)CCC(=O)CC1CC=CC1. The van der Waals surface area contributed by atoms with E-state index in [4.69, 9.17) is 0 Å². The number of quaternary nitrogens is 1. The molecule has 0 spiro atoms. The molecule has 0 aliphatic heterocycles. The molecule has 1 aliphatic rings. The lowest BCUT2D eigenvalue weighted by atomic mass is 9.99. The molecule has 0 bridgehead atoms. The summed E-state index contributed by atoms with van der Waals surface area (Å²) >= 11 is 0. The summed E-state index contributed by atoms with van der Waals surface area (Å²) in [5.41, 5.74) is 0. The third-order valence-corrected chi connectivity index (χ3v) is 2.68. The Hall–Kier alpha value is -0.630. The van der Waals surface area contributed by atoms with E-state index in [1.165, 1.54) is 0 Å². The zero-order valence-electron chi connectivity index (χ0n) is 9.62. The molecule has 0 N–H and O–H groups in total. The van der Waals surface area contributed by atoms with Gasteiger partial charge in [-0.25, -0.2) is 0 Å². The van der Waals surface area contributed by atoms with E-state index >= 15 is 0 Å². The number of carbonyl (C=O) groups is 1. The average molecular weight is 196 g/mol. The minimum atomic E-state index is 0.437. The van der Waals surface area contributed by atoms with E-state index in [0.717, 1.165) is 36.7 Å². The number of hydrogen-bond acceptors (Lipinski definition) is 1. The topological polar surface area (TPSA) is 17.1 Å². The molecule has 0 saturated carbocycles. The number of Topliss-reactive ketones (excluding diaryl/α,β-unsaturated/α-hetero) is 1.